The Labute approximate surface area is 271 Å². The number of alkyl halides is 2. The number of morpholine rings is 1. The number of hydrogen-bond donors (Lipinski definition) is 1. The zero-order chi connectivity index (χ0) is 33.5. The highest BCUT2D eigenvalue weighted by Crippen LogP contribution is 2.30. The van der Waals surface area contributed by atoms with Gasteiger partial charge in [0.05, 0.1) is 24.7 Å². The van der Waals surface area contributed by atoms with Crippen molar-refractivity contribution in [2.75, 3.05) is 94.7 Å². The number of rotatable bonds is 9. The first-order chi connectivity index (χ1) is 22.6. The molecule has 0 radical (unpaired) electrons. The number of ether oxygens (including phenoxy) is 1. The quantitative estimate of drug-likeness (QED) is 0.378. The van der Waals surface area contributed by atoms with Crippen molar-refractivity contribution in [2.24, 2.45) is 5.92 Å². The monoisotopic (exact) mass is 655 g/mol. The van der Waals surface area contributed by atoms with Gasteiger partial charge < -0.3 is 35.0 Å². The Balaban J connectivity index is 1.22. The molecule has 5 rings (SSSR count). The number of piperidine rings is 1. The third-order valence-corrected chi connectivity index (χ3v) is 8.34. The Kier molecular flexibility index (Phi) is 10.8. The van der Waals surface area contributed by atoms with Gasteiger partial charge >= 0.3 is 0 Å². The van der Waals surface area contributed by atoms with Crippen LogP contribution in [-0.4, -0.2) is 137 Å². The highest BCUT2D eigenvalue weighted by atomic mass is 19.3. The predicted octanol–water partition coefficient (Wildman–Crippen LogP) is 0.773. The standard InChI is InChI=1S/C30H39F2N11O4/c1-3-22(44)43-9-4-6-20(19-43)27(46)39(2)8-5-7-23(45)40-10-12-41(13-11-40)29-36-26(21-18-34-28(33)35-24(21)25(31)32)37-30(38-29)42-14-16-47-17-15-42/h3,5,7,18,20,25H,1,4,6,8-17,19H2,2H3,(H2,33,34,35)/t20-/m1/s1. The Hall–Kier alpha value is -4.80. The van der Waals surface area contributed by atoms with Crippen molar-refractivity contribution in [3.63, 3.8) is 0 Å². The summed E-state index contributed by atoms with van der Waals surface area (Å²) in [5.41, 5.74) is 4.96. The van der Waals surface area contributed by atoms with Crippen LogP contribution in [0, 0.1) is 5.92 Å². The fourth-order valence-corrected chi connectivity index (χ4v) is 5.72. The molecule has 3 saturated heterocycles. The van der Waals surface area contributed by atoms with Gasteiger partial charge in [-0.3, -0.25) is 14.4 Å². The third kappa shape index (κ3) is 8.14. The first kappa shape index (κ1) is 33.6. The maximum Gasteiger partial charge on any atom is 0.281 e. The lowest BCUT2D eigenvalue weighted by Crippen LogP contribution is -2.49. The Bertz CT molecular complexity index is 1500. The van der Waals surface area contributed by atoms with E-state index in [0.29, 0.717) is 77.9 Å². The number of nitrogen functional groups attached to an aromatic ring is 1. The van der Waals surface area contributed by atoms with Crippen LogP contribution in [0.5, 0.6) is 0 Å². The van der Waals surface area contributed by atoms with Crippen LogP contribution in [0.15, 0.2) is 31.0 Å². The fraction of sp³-hybridized carbons (Fsp3) is 0.533. The van der Waals surface area contributed by atoms with Crippen molar-refractivity contribution in [3.05, 3.63) is 36.7 Å². The SMILES string of the molecule is C=CC(=O)N1CCC[C@@H](C(=O)N(C)CC=CC(=O)N2CCN(c3nc(-c4cnc(N)nc4C(F)F)nc(N4CCOCC4)n3)CC2)C1. The Morgan fingerprint density at radius 1 is 1.00 bits per heavy atom. The number of aromatic nitrogens is 5. The van der Waals surface area contributed by atoms with Gasteiger partial charge in [0.1, 0.15) is 5.69 Å². The van der Waals surface area contributed by atoms with E-state index in [2.05, 4.69) is 31.5 Å². The van der Waals surface area contributed by atoms with Crippen LogP contribution in [0.3, 0.4) is 0 Å². The molecule has 0 bridgehead atoms. The molecule has 0 aromatic carbocycles. The minimum absolute atomic E-state index is 0.000127. The zero-order valence-electron chi connectivity index (χ0n) is 26.3. The van der Waals surface area contributed by atoms with E-state index in [0.717, 1.165) is 6.42 Å². The number of likely N-dealkylation sites (tertiary alicyclic amines) is 1. The molecule has 3 aliphatic heterocycles. The summed E-state index contributed by atoms with van der Waals surface area (Å²) in [6, 6.07) is 0. The van der Waals surface area contributed by atoms with Crippen molar-refractivity contribution in [2.45, 2.75) is 19.3 Å². The van der Waals surface area contributed by atoms with Crippen LogP contribution >= 0.6 is 0 Å². The highest BCUT2D eigenvalue weighted by molar-refractivity contribution is 5.89. The molecule has 1 atom stereocenters. The number of nitrogens with two attached hydrogens (primary N) is 1. The first-order valence-electron chi connectivity index (χ1n) is 15.5. The number of nitrogens with zero attached hydrogens (tertiary/aromatic N) is 10. The van der Waals surface area contributed by atoms with Gasteiger partial charge in [-0.1, -0.05) is 12.7 Å². The first-order valence-corrected chi connectivity index (χ1v) is 15.5. The average Bonchev–Trinajstić information content (AvgIpc) is 3.11. The van der Waals surface area contributed by atoms with Gasteiger partial charge in [-0.15, -0.1) is 0 Å². The van der Waals surface area contributed by atoms with Crippen LogP contribution in [0.25, 0.3) is 11.4 Å². The van der Waals surface area contributed by atoms with Crippen molar-refractivity contribution < 1.29 is 27.9 Å². The zero-order valence-corrected chi connectivity index (χ0v) is 26.3. The van der Waals surface area contributed by atoms with E-state index in [1.165, 1.54) is 18.3 Å². The van der Waals surface area contributed by atoms with Gasteiger partial charge in [-0.2, -0.15) is 15.0 Å². The average molecular weight is 656 g/mol. The second-order valence-electron chi connectivity index (χ2n) is 11.4. The molecule has 17 heteroatoms. The van der Waals surface area contributed by atoms with E-state index in [1.807, 2.05) is 9.80 Å². The van der Waals surface area contributed by atoms with Crippen molar-refractivity contribution >= 4 is 35.6 Å². The van der Waals surface area contributed by atoms with Gasteiger partial charge in [-0.05, 0) is 18.9 Å². The van der Waals surface area contributed by atoms with Crippen LogP contribution in [0.4, 0.5) is 26.6 Å². The number of piperazine rings is 1. The predicted molar refractivity (Wildman–Crippen MR) is 168 cm³/mol. The highest BCUT2D eigenvalue weighted by Gasteiger charge is 2.30. The topological polar surface area (TPSA) is 167 Å². The second-order valence-corrected chi connectivity index (χ2v) is 11.4. The van der Waals surface area contributed by atoms with Gasteiger partial charge in [0.15, 0.2) is 5.82 Å². The summed E-state index contributed by atoms with van der Waals surface area (Å²) in [5, 5.41) is 0. The molecule has 2 aromatic rings. The van der Waals surface area contributed by atoms with E-state index < -0.39 is 12.1 Å². The molecule has 252 valence electrons. The lowest BCUT2D eigenvalue weighted by molar-refractivity contribution is -0.138. The summed E-state index contributed by atoms with van der Waals surface area (Å²) >= 11 is 0. The molecule has 15 nitrogen and oxygen atoms in total. The van der Waals surface area contributed by atoms with Crippen LogP contribution in [0.1, 0.15) is 25.0 Å². The van der Waals surface area contributed by atoms with E-state index >= 15 is 0 Å². The largest absolute Gasteiger partial charge is 0.378 e. The molecule has 5 heterocycles. The number of carbonyl (C=O) groups excluding carboxylic acids is 3. The molecule has 3 fully saturated rings. The normalized spacial score (nSPS) is 18.9. The molecular weight excluding hydrogens is 616 g/mol. The minimum Gasteiger partial charge on any atom is -0.378 e. The lowest BCUT2D eigenvalue weighted by Gasteiger charge is -2.35. The van der Waals surface area contributed by atoms with Crippen LogP contribution < -0.4 is 15.5 Å². The van der Waals surface area contributed by atoms with E-state index in [-0.39, 0.29) is 53.5 Å². The Morgan fingerprint density at radius 3 is 2.34 bits per heavy atom. The molecule has 3 aliphatic rings. The number of halogens is 2. The summed E-state index contributed by atoms with van der Waals surface area (Å²) in [6.45, 7) is 8.26. The van der Waals surface area contributed by atoms with E-state index in [4.69, 9.17) is 10.5 Å². The van der Waals surface area contributed by atoms with Gasteiger partial charge in [0, 0.05) is 78.2 Å². The number of likely N-dealkylation sites (N-methyl/N-ethyl adjacent to an activating group) is 1. The summed E-state index contributed by atoms with van der Waals surface area (Å²) in [4.78, 5) is 67.8. The summed E-state index contributed by atoms with van der Waals surface area (Å²) in [5.74, 6) is -0.414. The number of anilines is 3. The fourth-order valence-electron chi connectivity index (χ4n) is 5.72. The molecule has 3 amide bonds. The Morgan fingerprint density at radius 2 is 1.68 bits per heavy atom. The van der Waals surface area contributed by atoms with Crippen molar-refractivity contribution in [1.29, 1.82) is 0 Å². The molecule has 0 unspecified atom stereocenters. The van der Waals surface area contributed by atoms with Gasteiger partial charge in [-0.25, -0.2) is 18.7 Å². The third-order valence-electron chi connectivity index (χ3n) is 8.34. The number of amides is 3. The van der Waals surface area contributed by atoms with Crippen LogP contribution in [-0.2, 0) is 19.1 Å². The minimum atomic E-state index is -2.92. The number of hydrogen-bond acceptors (Lipinski definition) is 12. The summed E-state index contributed by atoms with van der Waals surface area (Å²) in [6.07, 6.45) is 4.09. The van der Waals surface area contributed by atoms with Gasteiger partial charge in [0.25, 0.3) is 6.43 Å². The second kappa shape index (κ2) is 15.2. The smallest absolute Gasteiger partial charge is 0.281 e. The summed E-state index contributed by atoms with van der Waals surface area (Å²) in [7, 11) is 1.68. The molecule has 47 heavy (non-hydrogen) atoms. The van der Waals surface area contributed by atoms with Crippen molar-refractivity contribution in [1.82, 2.24) is 39.6 Å². The summed E-state index contributed by atoms with van der Waals surface area (Å²) < 4.78 is 33.2. The van der Waals surface area contributed by atoms with Crippen LogP contribution in [0.2, 0.25) is 0 Å². The maximum absolute atomic E-state index is 13.9. The molecule has 0 aliphatic carbocycles. The molecule has 0 saturated carbocycles. The van der Waals surface area contributed by atoms with E-state index in [1.54, 1.807) is 27.8 Å². The molecule has 2 N–H and O–H groups in total. The molecule has 0 spiro atoms. The van der Waals surface area contributed by atoms with Crippen molar-refractivity contribution in [3.8, 4) is 11.4 Å². The molecule has 2 aromatic heterocycles. The van der Waals surface area contributed by atoms with Gasteiger partial charge in [0.2, 0.25) is 35.6 Å². The number of carbonyl (C=O) groups is 3. The maximum atomic E-state index is 13.9. The van der Waals surface area contributed by atoms with E-state index in [9.17, 15) is 23.2 Å². The molecular formula is C30H39F2N11O4. The lowest BCUT2D eigenvalue weighted by atomic mass is 9.96.